The van der Waals surface area contributed by atoms with Crippen molar-refractivity contribution in [1.82, 2.24) is 5.32 Å². The Morgan fingerprint density at radius 2 is 1.97 bits per heavy atom. The van der Waals surface area contributed by atoms with E-state index in [4.69, 9.17) is 9.15 Å². The number of amides is 1. The molecule has 2 aromatic carbocycles. The lowest BCUT2D eigenvalue weighted by Crippen LogP contribution is -2.19. The summed E-state index contributed by atoms with van der Waals surface area (Å²) in [7, 11) is 1.59. The van der Waals surface area contributed by atoms with E-state index >= 15 is 0 Å². The number of hydrogen-bond acceptors (Lipinski definition) is 7. The van der Waals surface area contributed by atoms with Crippen LogP contribution in [-0.4, -0.2) is 23.1 Å². The number of furan rings is 1. The number of carbonyl (C=O) groups excluding carboxylic acids is 1. The van der Waals surface area contributed by atoms with Crippen LogP contribution in [0.4, 0.5) is 11.4 Å². The van der Waals surface area contributed by atoms with Crippen LogP contribution in [0.25, 0.3) is 17.4 Å². The van der Waals surface area contributed by atoms with Crippen molar-refractivity contribution in [3.8, 4) is 17.1 Å². The standard InChI is InChI=1S/C21H15N3O5S/c1-28-16-7-5-14(6-8-16)22-21-23-20(25)19(30-21)12-17-9-10-18(29-17)13-3-2-4-15(11-13)24(26)27/h2-12H,1H3,(H,22,23,25)/b19-12+. The van der Waals surface area contributed by atoms with E-state index in [0.29, 0.717) is 32.8 Å². The maximum Gasteiger partial charge on any atom is 0.270 e. The van der Waals surface area contributed by atoms with Crippen molar-refractivity contribution in [1.29, 1.82) is 0 Å². The van der Waals surface area contributed by atoms with E-state index in [-0.39, 0.29) is 11.6 Å². The molecule has 0 atom stereocenters. The van der Waals surface area contributed by atoms with E-state index in [1.54, 1.807) is 61.7 Å². The Morgan fingerprint density at radius 3 is 2.70 bits per heavy atom. The molecule has 1 aliphatic heterocycles. The molecule has 3 aromatic rings. The number of hydrogen-bond donors (Lipinski definition) is 1. The number of nitrogens with zero attached hydrogens (tertiary/aromatic N) is 2. The molecule has 0 unspecified atom stereocenters. The third-order valence-corrected chi connectivity index (χ3v) is 5.11. The van der Waals surface area contributed by atoms with E-state index in [2.05, 4.69) is 10.3 Å². The highest BCUT2D eigenvalue weighted by Gasteiger charge is 2.24. The third-order valence-electron chi connectivity index (χ3n) is 4.20. The normalized spacial score (nSPS) is 16.1. The minimum absolute atomic E-state index is 0.0195. The van der Waals surface area contributed by atoms with E-state index in [9.17, 15) is 14.9 Å². The van der Waals surface area contributed by atoms with Crippen LogP contribution in [0, 0.1) is 10.1 Å². The smallest absolute Gasteiger partial charge is 0.270 e. The Labute approximate surface area is 175 Å². The van der Waals surface area contributed by atoms with E-state index < -0.39 is 4.92 Å². The third kappa shape index (κ3) is 4.26. The van der Waals surface area contributed by atoms with Gasteiger partial charge in [0.1, 0.15) is 17.3 Å². The second kappa shape index (κ2) is 8.26. The number of thioether (sulfide) groups is 1. The van der Waals surface area contributed by atoms with Gasteiger partial charge in [-0.3, -0.25) is 14.9 Å². The molecule has 1 fully saturated rings. The van der Waals surface area contributed by atoms with Gasteiger partial charge >= 0.3 is 0 Å². The Hall–Kier alpha value is -3.85. The fourth-order valence-electron chi connectivity index (χ4n) is 2.74. The second-order valence-corrected chi connectivity index (χ2v) is 7.22. The van der Waals surface area contributed by atoms with Crippen molar-refractivity contribution in [2.24, 2.45) is 4.99 Å². The molecule has 1 amide bonds. The highest BCUT2D eigenvalue weighted by Crippen LogP contribution is 2.31. The molecule has 0 spiro atoms. The first-order chi connectivity index (χ1) is 14.5. The van der Waals surface area contributed by atoms with Gasteiger partial charge in [0, 0.05) is 23.8 Å². The zero-order valence-electron chi connectivity index (χ0n) is 15.7. The summed E-state index contributed by atoms with van der Waals surface area (Å²) in [6, 6.07) is 16.7. The van der Waals surface area contributed by atoms with Gasteiger partial charge in [-0.05, 0) is 48.2 Å². The average molecular weight is 421 g/mol. The fourth-order valence-corrected chi connectivity index (χ4v) is 3.56. The molecule has 0 saturated carbocycles. The number of non-ortho nitro benzene ring substituents is 1. The predicted octanol–water partition coefficient (Wildman–Crippen LogP) is 4.76. The zero-order valence-corrected chi connectivity index (χ0v) is 16.5. The number of amidine groups is 1. The number of benzene rings is 2. The van der Waals surface area contributed by atoms with Crippen LogP contribution in [0.5, 0.6) is 5.75 Å². The monoisotopic (exact) mass is 421 g/mol. The van der Waals surface area contributed by atoms with Gasteiger partial charge in [0.2, 0.25) is 0 Å². The molecular weight excluding hydrogens is 406 g/mol. The average Bonchev–Trinajstić information content (AvgIpc) is 3.35. The SMILES string of the molecule is COc1ccc(N=C2NC(=O)/C(=C\c3ccc(-c4cccc([N+](=O)[O-])c4)o3)S2)cc1. The maximum atomic E-state index is 12.3. The number of methoxy groups -OCH3 is 1. The molecule has 1 N–H and O–H groups in total. The number of rotatable bonds is 5. The highest BCUT2D eigenvalue weighted by molar-refractivity contribution is 8.18. The van der Waals surface area contributed by atoms with Crippen LogP contribution in [-0.2, 0) is 4.79 Å². The number of carbonyl (C=O) groups is 1. The molecule has 150 valence electrons. The summed E-state index contributed by atoms with van der Waals surface area (Å²) in [5.74, 6) is 1.38. The molecule has 0 bridgehead atoms. The van der Waals surface area contributed by atoms with Crippen LogP contribution in [0.1, 0.15) is 5.76 Å². The van der Waals surface area contributed by atoms with E-state index in [1.807, 2.05) is 0 Å². The van der Waals surface area contributed by atoms with Crippen molar-refractivity contribution in [2.75, 3.05) is 7.11 Å². The summed E-state index contributed by atoms with van der Waals surface area (Å²) in [6.45, 7) is 0. The van der Waals surface area contributed by atoms with Gasteiger partial charge in [-0.2, -0.15) is 0 Å². The van der Waals surface area contributed by atoms with Gasteiger partial charge in [0.15, 0.2) is 5.17 Å². The molecular formula is C21H15N3O5S. The van der Waals surface area contributed by atoms with Crippen LogP contribution in [0.2, 0.25) is 0 Å². The topological polar surface area (TPSA) is 107 Å². The first-order valence-electron chi connectivity index (χ1n) is 8.80. The molecule has 30 heavy (non-hydrogen) atoms. The Balaban J connectivity index is 1.52. The summed E-state index contributed by atoms with van der Waals surface area (Å²) >= 11 is 1.20. The Morgan fingerprint density at radius 1 is 1.17 bits per heavy atom. The quantitative estimate of drug-likeness (QED) is 0.362. The van der Waals surface area contributed by atoms with Crippen molar-refractivity contribution in [3.05, 3.63) is 81.4 Å². The molecule has 0 radical (unpaired) electrons. The van der Waals surface area contributed by atoms with Crippen molar-refractivity contribution in [2.45, 2.75) is 0 Å². The summed E-state index contributed by atoms with van der Waals surface area (Å²) < 4.78 is 10.9. The Bertz CT molecular complexity index is 1180. The van der Waals surface area contributed by atoms with Crippen LogP contribution in [0.15, 0.2) is 75.0 Å². The highest BCUT2D eigenvalue weighted by atomic mass is 32.2. The maximum absolute atomic E-state index is 12.3. The van der Waals surface area contributed by atoms with Gasteiger partial charge in [-0.25, -0.2) is 4.99 Å². The number of aliphatic imine (C=N–C) groups is 1. The molecule has 1 aromatic heterocycles. The summed E-state index contributed by atoms with van der Waals surface area (Å²) in [6.07, 6.45) is 1.61. The predicted molar refractivity (Wildman–Crippen MR) is 115 cm³/mol. The van der Waals surface area contributed by atoms with Gasteiger partial charge in [-0.15, -0.1) is 0 Å². The molecule has 2 heterocycles. The number of nitro benzene ring substituents is 1. The van der Waals surface area contributed by atoms with E-state index in [1.165, 1.54) is 23.9 Å². The first kappa shape index (κ1) is 19.5. The largest absolute Gasteiger partial charge is 0.497 e. The summed E-state index contributed by atoms with van der Waals surface area (Å²) in [5.41, 5.74) is 1.25. The van der Waals surface area contributed by atoms with Gasteiger partial charge < -0.3 is 14.5 Å². The zero-order chi connectivity index (χ0) is 21.1. The number of nitrogens with one attached hydrogen (secondary N) is 1. The second-order valence-electron chi connectivity index (χ2n) is 6.19. The lowest BCUT2D eigenvalue weighted by Gasteiger charge is -1.99. The molecule has 8 nitrogen and oxygen atoms in total. The van der Waals surface area contributed by atoms with E-state index in [0.717, 1.165) is 5.75 Å². The van der Waals surface area contributed by atoms with Crippen LogP contribution < -0.4 is 10.1 Å². The lowest BCUT2D eigenvalue weighted by atomic mass is 10.1. The fraction of sp³-hybridized carbons (Fsp3) is 0.0476. The minimum Gasteiger partial charge on any atom is -0.497 e. The van der Waals surface area contributed by atoms with Gasteiger partial charge in [0.05, 0.1) is 22.6 Å². The first-order valence-corrected chi connectivity index (χ1v) is 9.62. The van der Waals surface area contributed by atoms with Crippen LogP contribution >= 0.6 is 11.8 Å². The molecule has 1 aliphatic rings. The van der Waals surface area contributed by atoms with Gasteiger partial charge in [0.25, 0.3) is 11.6 Å². The number of ether oxygens (including phenoxy) is 1. The van der Waals surface area contributed by atoms with Crippen molar-refractivity contribution < 1.29 is 18.9 Å². The lowest BCUT2D eigenvalue weighted by molar-refractivity contribution is -0.384. The summed E-state index contributed by atoms with van der Waals surface area (Å²) in [4.78, 5) is 27.6. The van der Waals surface area contributed by atoms with Gasteiger partial charge in [-0.1, -0.05) is 12.1 Å². The molecule has 9 heteroatoms. The van der Waals surface area contributed by atoms with Crippen molar-refractivity contribution >= 4 is 40.3 Å². The summed E-state index contributed by atoms with van der Waals surface area (Å²) in [5, 5.41) is 14.1. The molecule has 4 rings (SSSR count). The van der Waals surface area contributed by atoms with Crippen molar-refractivity contribution in [3.63, 3.8) is 0 Å². The number of nitro groups is 1. The van der Waals surface area contributed by atoms with Crippen LogP contribution in [0.3, 0.4) is 0 Å². The molecule has 1 saturated heterocycles. The Kier molecular flexibility index (Phi) is 5.36. The molecule has 0 aliphatic carbocycles. The minimum atomic E-state index is -0.460.